The predicted molar refractivity (Wildman–Crippen MR) is 80.1 cm³/mol. The summed E-state index contributed by atoms with van der Waals surface area (Å²) < 4.78 is 11.5. The molecule has 1 N–H and O–H groups in total. The highest BCUT2D eigenvalue weighted by Crippen LogP contribution is 2.36. The van der Waals surface area contributed by atoms with Crippen molar-refractivity contribution in [1.82, 2.24) is 15.5 Å². The van der Waals surface area contributed by atoms with Crippen molar-refractivity contribution in [3.63, 3.8) is 0 Å². The lowest BCUT2D eigenvalue weighted by atomic mass is 9.85. The van der Waals surface area contributed by atoms with Crippen LogP contribution in [0.3, 0.4) is 0 Å². The fourth-order valence-corrected chi connectivity index (χ4v) is 3.63. The Morgan fingerprint density at radius 2 is 2.10 bits per heavy atom. The Kier molecular flexibility index (Phi) is 5.25. The van der Waals surface area contributed by atoms with E-state index in [9.17, 15) is 0 Å². The van der Waals surface area contributed by atoms with Crippen molar-refractivity contribution >= 4 is 0 Å². The first kappa shape index (κ1) is 15.0. The van der Waals surface area contributed by atoms with Gasteiger partial charge in [-0.1, -0.05) is 24.4 Å². The van der Waals surface area contributed by atoms with Crippen molar-refractivity contribution in [3.05, 3.63) is 11.7 Å². The maximum Gasteiger partial charge on any atom is 0.231 e. The molecule has 1 aliphatic carbocycles. The van der Waals surface area contributed by atoms with Crippen LogP contribution in [0.2, 0.25) is 0 Å². The molecule has 0 aromatic carbocycles. The molecular formula is C16H27N3O2. The quantitative estimate of drug-likeness (QED) is 0.903. The van der Waals surface area contributed by atoms with E-state index in [0.717, 1.165) is 31.2 Å². The third-order valence-corrected chi connectivity index (χ3v) is 4.78. The Morgan fingerprint density at radius 3 is 2.81 bits per heavy atom. The molecule has 0 radical (unpaired) electrons. The van der Waals surface area contributed by atoms with E-state index in [-0.39, 0.29) is 6.10 Å². The van der Waals surface area contributed by atoms with Crippen molar-refractivity contribution in [2.45, 2.75) is 63.9 Å². The number of hydrogen-bond acceptors (Lipinski definition) is 5. The summed E-state index contributed by atoms with van der Waals surface area (Å²) in [6.07, 6.45) is 8.72. The fraction of sp³-hybridized carbons (Fsp3) is 0.875. The van der Waals surface area contributed by atoms with Gasteiger partial charge in [0.25, 0.3) is 0 Å². The van der Waals surface area contributed by atoms with Gasteiger partial charge in [-0.05, 0) is 45.1 Å². The minimum atomic E-state index is 0.0179. The van der Waals surface area contributed by atoms with Crippen LogP contribution in [0.25, 0.3) is 0 Å². The topological polar surface area (TPSA) is 60.2 Å². The van der Waals surface area contributed by atoms with E-state index >= 15 is 0 Å². The highest BCUT2D eigenvalue weighted by molar-refractivity contribution is 5.00. The van der Waals surface area contributed by atoms with Crippen LogP contribution in [-0.4, -0.2) is 29.8 Å². The summed E-state index contributed by atoms with van der Waals surface area (Å²) in [6.45, 7) is 4.80. The molecule has 2 atom stereocenters. The zero-order valence-electron chi connectivity index (χ0n) is 13.0. The highest BCUT2D eigenvalue weighted by Gasteiger charge is 2.31. The van der Waals surface area contributed by atoms with Gasteiger partial charge in [0.1, 0.15) is 6.10 Å². The molecular weight excluding hydrogens is 266 g/mol. The Balaban J connectivity index is 1.71. The second-order valence-corrected chi connectivity index (χ2v) is 6.31. The lowest BCUT2D eigenvalue weighted by molar-refractivity contribution is -0.00145. The second kappa shape index (κ2) is 7.36. The number of nitrogens with zero attached hydrogens (tertiary/aromatic N) is 2. The molecule has 2 heterocycles. The van der Waals surface area contributed by atoms with Gasteiger partial charge >= 0.3 is 0 Å². The lowest BCUT2D eigenvalue weighted by Gasteiger charge is -2.27. The van der Waals surface area contributed by atoms with E-state index in [2.05, 4.69) is 15.5 Å². The maximum atomic E-state index is 5.97. The molecule has 5 heteroatoms. The van der Waals surface area contributed by atoms with Crippen molar-refractivity contribution in [1.29, 1.82) is 0 Å². The molecule has 0 bridgehead atoms. The number of ether oxygens (including phenoxy) is 1. The summed E-state index contributed by atoms with van der Waals surface area (Å²) in [7, 11) is 0. The highest BCUT2D eigenvalue weighted by atomic mass is 16.5. The van der Waals surface area contributed by atoms with Crippen LogP contribution in [0.4, 0.5) is 0 Å². The third kappa shape index (κ3) is 3.64. The van der Waals surface area contributed by atoms with Gasteiger partial charge in [-0.3, -0.25) is 0 Å². The van der Waals surface area contributed by atoms with Crippen LogP contribution in [-0.2, 0) is 4.74 Å². The van der Waals surface area contributed by atoms with Crippen molar-refractivity contribution in [2.75, 3.05) is 19.7 Å². The van der Waals surface area contributed by atoms with E-state index in [1.54, 1.807) is 0 Å². The molecule has 2 fully saturated rings. The van der Waals surface area contributed by atoms with Crippen LogP contribution in [0.5, 0.6) is 0 Å². The molecule has 5 nitrogen and oxygen atoms in total. The van der Waals surface area contributed by atoms with Gasteiger partial charge in [-0.15, -0.1) is 0 Å². The maximum absolute atomic E-state index is 5.97. The Hall–Kier alpha value is -0.940. The summed E-state index contributed by atoms with van der Waals surface area (Å²) in [4.78, 5) is 4.69. The SMILES string of the molecule is CCOC(c1noc(C2CCCNC2)n1)C1CCCCC1. The van der Waals surface area contributed by atoms with Gasteiger partial charge in [-0.2, -0.15) is 4.98 Å². The zero-order chi connectivity index (χ0) is 14.5. The minimum absolute atomic E-state index is 0.0179. The normalized spacial score (nSPS) is 25.9. The van der Waals surface area contributed by atoms with Crippen molar-refractivity contribution < 1.29 is 9.26 Å². The molecule has 1 aromatic rings. The van der Waals surface area contributed by atoms with Crippen LogP contribution in [0.15, 0.2) is 4.52 Å². The summed E-state index contributed by atoms with van der Waals surface area (Å²) in [5.41, 5.74) is 0. The largest absolute Gasteiger partial charge is 0.370 e. The molecule has 21 heavy (non-hydrogen) atoms. The average Bonchev–Trinajstić information content (AvgIpc) is 3.04. The lowest BCUT2D eigenvalue weighted by Crippen LogP contribution is -2.28. The van der Waals surface area contributed by atoms with Crippen molar-refractivity contribution in [3.8, 4) is 0 Å². The van der Waals surface area contributed by atoms with Crippen LogP contribution < -0.4 is 5.32 Å². The van der Waals surface area contributed by atoms with E-state index in [4.69, 9.17) is 9.26 Å². The summed E-state index contributed by atoms with van der Waals surface area (Å²) in [5, 5.41) is 7.65. The van der Waals surface area contributed by atoms with Crippen LogP contribution in [0, 0.1) is 5.92 Å². The van der Waals surface area contributed by atoms with Gasteiger partial charge in [-0.25, -0.2) is 0 Å². The van der Waals surface area contributed by atoms with E-state index in [1.165, 1.54) is 38.5 Å². The number of rotatable bonds is 5. The molecule has 118 valence electrons. The van der Waals surface area contributed by atoms with Gasteiger partial charge in [0.2, 0.25) is 11.7 Å². The molecule has 1 saturated carbocycles. The average molecular weight is 293 g/mol. The van der Waals surface area contributed by atoms with Gasteiger partial charge in [0.05, 0.1) is 5.92 Å². The molecule has 1 aliphatic heterocycles. The first-order valence-electron chi connectivity index (χ1n) is 8.54. The first-order valence-corrected chi connectivity index (χ1v) is 8.54. The Morgan fingerprint density at radius 1 is 1.24 bits per heavy atom. The van der Waals surface area contributed by atoms with Gasteiger partial charge in [0.15, 0.2) is 0 Å². The Labute approximate surface area is 126 Å². The summed E-state index contributed by atoms with van der Waals surface area (Å²) in [5.74, 6) is 2.48. The predicted octanol–water partition coefficient (Wildman–Crippen LogP) is 3.19. The third-order valence-electron chi connectivity index (χ3n) is 4.78. The molecule has 0 spiro atoms. The van der Waals surface area contributed by atoms with Crippen LogP contribution >= 0.6 is 0 Å². The van der Waals surface area contributed by atoms with E-state index in [0.29, 0.717) is 18.4 Å². The molecule has 1 saturated heterocycles. The number of hydrogen-bond donors (Lipinski definition) is 1. The van der Waals surface area contributed by atoms with E-state index < -0.39 is 0 Å². The fourth-order valence-electron chi connectivity index (χ4n) is 3.63. The Bertz CT molecular complexity index is 423. The minimum Gasteiger partial charge on any atom is -0.370 e. The summed E-state index contributed by atoms with van der Waals surface area (Å²) >= 11 is 0. The molecule has 2 unspecified atom stereocenters. The van der Waals surface area contributed by atoms with Crippen LogP contribution in [0.1, 0.15) is 75.6 Å². The smallest absolute Gasteiger partial charge is 0.231 e. The molecule has 2 aliphatic rings. The number of piperidine rings is 1. The molecule has 0 amide bonds. The molecule has 3 rings (SSSR count). The number of aromatic nitrogens is 2. The van der Waals surface area contributed by atoms with Crippen molar-refractivity contribution in [2.24, 2.45) is 5.92 Å². The zero-order valence-corrected chi connectivity index (χ0v) is 13.0. The first-order chi connectivity index (χ1) is 10.4. The monoisotopic (exact) mass is 293 g/mol. The van der Waals surface area contributed by atoms with Gasteiger partial charge in [0, 0.05) is 13.2 Å². The summed E-state index contributed by atoms with van der Waals surface area (Å²) in [6, 6.07) is 0. The number of nitrogens with one attached hydrogen (secondary N) is 1. The molecule has 1 aromatic heterocycles. The van der Waals surface area contributed by atoms with E-state index in [1.807, 2.05) is 6.92 Å². The second-order valence-electron chi connectivity index (χ2n) is 6.31. The van der Waals surface area contributed by atoms with Gasteiger partial charge < -0.3 is 14.6 Å². The standard InChI is InChI=1S/C16H27N3O2/c1-2-20-14(12-7-4-3-5-8-12)15-18-16(21-19-15)13-9-6-10-17-11-13/h12-14,17H,2-11H2,1H3.